The number of carbonyl (C=O) groups excluding carboxylic acids is 4. The number of benzene rings is 2. The second-order valence-corrected chi connectivity index (χ2v) is 39.8. The predicted octanol–water partition coefficient (Wildman–Crippen LogP) is 34.9. The first-order valence-electron chi connectivity index (χ1n) is 54.0. The van der Waals surface area contributed by atoms with Crippen molar-refractivity contribution in [3.63, 3.8) is 0 Å². The van der Waals surface area contributed by atoms with Gasteiger partial charge in [0.1, 0.15) is 20.2 Å². The standard InChI is InChI=1S/2C56H98O7S.Ca/c2*1-3-5-7-9-11-13-15-17-19-21-23-25-27-29-31-33-35-37-39-41-43-45-50-62-55(57)52-48-47-49-53(64(59,60)61)54(52)56(58)63-51-46-44-42-40-38-36-34-32-30-28-26-24-22-20-18-16-14-12-10-8-6-4-2;/h2*3-6,47-49H,7-46,50-51H2,1-2H3,(H,59,60,61);/q;;+2/p-2/b2*5-3+,6-4+;. The largest absolute Gasteiger partial charge is 2.00 e. The van der Waals surface area contributed by atoms with Crippen LogP contribution in [0.25, 0.3) is 0 Å². The van der Waals surface area contributed by atoms with Crippen molar-refractivity contribution in [3.8, 4) is 0 Å². The molecule has 0 amide bonds. The molecule has 0 fully saturated rings. The minimum atomic E-state index is -5.02. The SMILES string of the molecule is C/C=C/CCCCCCCCCCCCCCCCCCCCCOC(=O)c1cccc(S(=O)(=O)[O-])c1C(=O)OCCCCCCCCCCCCCCCCCCCCC/C=C/C.C/C=C/CCCCCCCCCCCCCCCCCCCCCOC(=O)c1cccc(S(=O)(=O)[O-])c1C(=O)OCCCCCCCCCCCCCCCCCCCCC/C=C/C.[Ca+2]. The fraction of sp³-hybridized carbons (Fsp3) is 0.786. The normalized spacial score (nSPS) is 11.8. The van der Waals surface area contributed by atoms with Gasteiger partial charge in [-0.15, -0.1) is 0 Å². The molecule has 2 rings (SSSR count). The van der Waals surface area contributed by atoms with Crippen molar-refractivity contribution in [1.29, 1.82) is 0 Å². The Balaban J connectivity index is 0.00000252. The third kappa shape index (κ3) is 80.2. The second-order valence-electron chi connectivity index (χ2n) is 37.1. The average molecular weight is 1870 g/mol. The van der Waals surface area contributed by atoms with E-state index in [1.807, 2.05) is 0 Å². The molecule has 0 bridgehead atoms. The molecule has 740 valence electrons. The summed E-state index contributed by atoms with van der Waals surface area (Å²) >= 11 is 0. The van der Waals surface area contributed by atoms with Gasteiger partial charge in [0.2, 0.25) is 0 Å². The zero-order valence-electron chi connectivity index (χ0n) is 83.7. The number of esters is 4. The number of unbranched alkanes of at least 4 members (excludes halogenated alkanes) is 76. The molecule has 0 unspecified atom stereocenters. The molecule has 0 aliphatic rings. The molecule has 129 heavy (non-hydrogen) atoms. The molecule has 2 aromatic rings. The van der Waals surface area contributed by atoms with Gasteiger partial charge in [0.05, 0.1) is 58.5 Å². The van der Waals surface area contributed by atoms with Crippen molar-refractivity contribution in [2.75, 3.05) is 26.4 Å². The maximum Gasteiger partial charge on any atom is 2.00 e. The minimum Gasteiger partial charge on any atom is -0.744 e. The molecule has 0 heterocycles. The summed E-state index contributed by atoms with van der Waals surface area (Å²) in [6.45, 7) is 8.91. The Morgan fingerprint density at radius 3 is 0.488 bits per heavy atom. The number of hydrogen-bond acceptors (Lipinski definition) is 14. The molecule has 0 saturated carbocycles. The molecule has 0 aromatic heterocycles. The topological polar surface area (TPSA) is 220 Å². The minimum absolute atomic E-state index is 0. The van der Waals surface area contributed by atoms with Crippen molar-refractivity contribution in [3.05, 3.63) is 107 Å². The second kappa shape index (κ2) is 96.1. The van der Waals surface area contributed by atoms with Gasteiger partial charge < -0.3 is 28.1 Å². The van der Waals surface area contributed by atoms with Crippen LogP contribution in [0.2, 0.25) is 0 Å². The predicted molar refractivity (Wildman–Crippen MR) is 544 cm³/mol. The van der Waals surface area contributed by atoms with Crippen LogP contribution in [0, 0.1) is 0 Å². The van der Waals surface area contributed by atoms with Crippen molar-refractivity contribution in [2.45, 2.75) is 551 Å². The maximum atomic E-state index is 13.1. The number of ether oxygens (including phenoxy) is 4. The molecule has 0 atom stereocenters. The average Bonchev–Trinajstić information content (AvgIpc) is 0.794. The first kappa shape index (κ1) is 125. The Kier molecular flexibility index (Phi) is 93.3. The first-order valence-corrected chi connectivity index (χ1v) is 56.8. The summed E-state index contributed by atoms with van der Waals surface area (Å²) in [5.74, 6) is -3.60. The van der Waals surface area contributed by atoms with Crippen molar-refractivity contribution in [2.24, 2.45) is 0 Å². The van der Waals surface area contributed by atoms with Crippen LogP contribution in [0.4, 0.5) is 0 Å². The quantitative estimate of drug-likeness (QED) is 0.0150. The van der Waals surface area contributed by atoms with E-state index in [9.17, 15) is 45.1 Å². The van der Waals surface area contributed by atoms with Gasteiger partial charge in [0.25, 0.3) is 0 Å². The van der Waals surface area contributed by atoms with E-state index >= 15 is 0 Å². The van der Waals surface area contributed by atoms with Crippen LogP contribution < -0.4 is 0 Å². The number of carbonyl (C=O) groups is 4. The van der Waals surface area contributed by atoms with E-state index < -0.39 is 65.0 Å². The summed E-state index contributed by atoms with van der Waals surface area (Å²) in [4.78, 5) is 50.7. The summed E-state index contributed by atoms with van der Waals surface area (Å²) in [5, 5.41) is 0. The fourth-order valence-corrected chi connectivity index (χ4v) is 18.7. The van der Waals surface area contributed by atoms with Gasteiger partial charge in [-0.1, -0.05) is 497 Å². The van der Waals surface area contributed by atoms with Gasteiger partial charge in [0, 0.05) is 0 Å². The van der Waals surface area contributed by atoms with Crippen LogP contribution in [0.1, 0.15) is 583 Å². The molecule has 0 saturated heterocycles. The van der Waals surface area contributed by atoms with Gasteiger partial charge in [-0.25, -0.2) is 36.0 Å². The molecule has 0 aliphatic heterocycles. The van der Waals surface area contributed by atoms with E-state index in [1.54, 1.807) is 0 Å². The van der Waals surface area contributed by atoms with Crippen molar-refractivity contribution >= 4 is 81.9 Å². The molecule has 14 nitrogen and oxygen atoms in total. The van der Waals surface area contributed by atoms with Gasteiger partial charge in [-0.05, 0) is 129 Å². The van der Waals surface area contributed by atoms with E-state index in [1.165, 1.54) is 435 Å². The van der Waals surface area contributed by atoms with Crippen LogP contribution >= 0.6 is 0 Å². The third-order valence-corrected chi connectivity index (χ3v) is 27.1. The van der Waals surface area contributed by atoms with Crippen LogP contribution in [-0.2, 0) is 39.2 Å². The molecule has 0 N–H and O–H groups in total. The van der Waals surface area contributed by atoms with Crippen molar-refractivity contribution < 1.29 is 64.1 Å². The Bertz CT molecular complexity index is 3020. The molecular weight excluding hydrogens is 1670 g/mol. The number of rotatable bonds is 94. The summed E-state index contributed by atoms with van der Waals surface area (Å²) in [6, 6.07) is 7.31. The van der Waals surface area contributed by atoms with Gasteiger partial charge >= 0.3 is 61.6 Å². The Hall–Kier alpha value is -3.64. The summed E-state index contributed by atoms with van der Waals surface area (Å²) in [5.41, 5.74) is -1.53. The van der Waals surface area contributed by atoms with Crippen LogP contribution in [0.5, 0.6) is 0 Å². The molecule has 0 aliphatic carbocycles. The molecule has 0 spiro atoms. The Morgan fingerprint density at radius 1 is 0.217 bits per heavy atom. The fourth-order valence-electron chi connectivity index (χ4n) is 17.3. The number of allylic oxidation sites excluding steroid dienone is 8. The van der Waals surface area contributed by atoms with Gasteiger partial charge in [-0.3, -0.25) is 0 Å². The van der Waals surface area contributed by atoms with E-state index in [4.69, 9.17) is 18.9 Å². The van der Waals surface area contributed by atoms with E-state index in [-0.39, 0.29) is 75.3 Å². The van der Waals surface area contributed by atoms with Crippen molar-refractivity contribution in [1.82, 2.24) is 0 Å². The summed E-state index contributed by atoms with van der Waals surface area (Å²) < 4.78 is 94.0. The third-order valence-electron chi connectivity index (χ3n) is 25.4. The molecule has 17 heteroatoms. The van der Waals surface area contributed by atoms with E-state index in [0.717, 1.165) is 89.2 Å². The zero-order chi connectivity index (χ0) is 92.9. The summed E-state index contributed by atoms with van der Waals surface area (Å²) in [7, 11) is -10.0. The maximum absolute atomic E-state index is 13.1. The zero-order valence-corrected chi connectivity index (χ0v) is 87.6. The smallest absolute Gasteiger partial charge is 0.744 e. The molecule has 0 radical (unpaired) electrons. The Morgan fingerprint density at radius 2 is 0.349 bits per heavy atom. The number of hydrogen-bond donors (Lipinski definition) is 0. The van der Waals surface area contributed by atoms with Gasteiger partial charge in [-0.2, -0.15) is 0 Å². The molecule has 2 aromatic carbocycles. The Labute approximate surface area is 824 Å². The first-order chi connectivity index (χ1) is 62.6. The monoisotopic (exact) mass is 1870 g/mol. The summed E-state index contributed by atoms with van der Waals surface area (Å²) in [6.07, 6.45) is 119. The van der Waals surface area contributed by atoms with E-state index in [0.29, 0.717) is 25.7 Å². The van der Waals surface area contributed by atoms with Gasteiger partial charge in [0.15, 0.2) is 0 Å². The van der Waals surface area contributed by atoms with Crippen LogP contribution in [0.15, 0.2) is 94.8 Å². The van der Waals surface area contributed by atoms with Crippen LogP contribution in [-0.4, -0.2) is 114 Å². The van der Waals surface area contributed by atoms with Crippen LogP contribution in [0.3, 0.4) is 0 Å². The molecular formula is C112H194CaO14S2. The van der Waals surface area contributed by atoms with E-state index in [2.05, 4.69) is 76.3 Å².